The molecule has 1 aliphatic heterocycles. The molecule has 1 unspecified atom stereocenters. The fraction of sp³-hybridized carbons (Fsp3) is 1.00. The van der Waals surface area contributed by atoms with Gasteiger partial charge in [0.2, 0.25) is 0 Å². The number of ether oxygens (including phenoxy) is 1. The van der Waals surface area contributed by atoms with Crippen molar-refractivity contribution in [3.05, 3.63) is 0 Å². The third-order valence-electron chi connectivity index (χ3n) is 2.50. The Morgan fingerprint density at radius 3 is 2.23 bits per heavy atom. The summed E-state index contributed by atoms with van der Waals surface area (Å²) in [5.41, 5.74) is 0. The van der Waals surface area contributed by atoms with Crippen LogP contribution in [0.2, 0.25) is 0 Å². The number of aliphatic hydroxyl groups excluding tert-OH is 4. The molecule has 13 heavy (non-hydrogen) atoms. The molecule has 0 amide bonds. The molecule has 1 heterocycles. The highest BCUT2D eigenvalue weighted by Gasteiger charge is 2.42. The number of aliphatic hydroxyl groups is 4. The quantitative estimate of drug-likeness (QED) is 0.425. The van der Waals surface area contributed by atoms with Crippen molar-refractivity contribution in [1.29, 1.82) is 0 Å². The summed E-state index contributed by atoms with van der Waals surface area (Å²) in [7, 11) is 0. The summed E-state index contributed by atoms with van der Waals surface area (Å²) in [6.07, 6.45) is -3.66. The lowest BCUT2D eigenvalue weighted by Crippen LogP contribution is -2.55. The predicted octanol–water partition coefficient (Wildman–Crippen LogP) is -1.56. The maximum atomic E-state index is 9.51. The SMILES string of the molecule is CC[C@H]1C(O)O[C@H](CO)[C@@H](O)[C@@H]1O. The molecule has 0 aromatic carbocycles. The fourth-order valence-corrected chi connectivity index (χ4v) is 1.60. The van der Waals surface area contributed by atoms with Crippen molar-refractivity contribution in [2.24, 2.45) is 5.92 Å². The van der Waals surface area contributed by atoms with Crippen LogP contribution in [0.25, 0.3) is 0 Å². The molecule has 5 nitrogen and oxygen atoms in total. The van der Waals surface area contributed by atoms with Crippen molar-refractivity contribution >= 4 is 0 Å². The van der Waals surface area contributed by atoms with Crippen molar-refractivity contribution in [1.82, 2.24) is 0 Å². The summed E-state index contributed by atoms with van der Waals surface area (Å²) in [5, 5.41) is 37.0. The molecule has 1 saturated heterocycles. The molecular formula is C8H16O5. The van der Waals surface area contributed by atoms with Gasteiger partial charge in [0, 0.05) is 5.92 Å². The Hall–Kier alpha value is -0.200. The van der Waals surface area contributed by atoms with Gasteiger partial charge >= 0.3 is 0 Å². The van der Waals surface area contributed by atoms with Gasteiger partial charge in [0.1, 0.15) is 12.2 Å². The van der Waals surface area contributed by atoms with Gasteiger partial charge in [-0.25, -0.2) is 0 Å². The summed E-state index contributed by atoms with van der Waals surface area (Å²) < 4.78 is 4.92. The minimum Gasteiger partial charge on any atom is -0.394 e. The van der Waals surface area contributed by atoms with Crippen LogP contribution in [0, 0.1) is 5.92 Å². The van der Waals surface area contributed by atoms with E-state index >= 15 is 0 Å². The van der Waals surface area contributed by atoms with E-state index in [1.54, 1.807) is 6.92 Å². The van der Waals surface area contributed by atoms with Gasteiger partial charge in [-0.1, -0.05) is 6.92 Å². The zero-order valence-corrected chi connectivity index (χ0v) is 7.50. The second-order valence-corrected chi connectivity index (χ2v) is 3.30. The van der Waals surface area contributed by atoms with Gasteiger partial charge in [-0.3, -0.25) is 0 Å². The first-order valence-electron chi connectivity index (χ1n) is 4.42. The van der Waals surface area contributed by atoms with E-state index in [-0.39, 0.29) is 0 Å². The zero-order chi connectivity index (χ0) is 10.0. The van der Waals surface area contributed by atoms with E-state index in [1.807, 2.05) is 0 Å². The van der Waals surface area contributed by atoms with E-state index in [0.29, 0.717) is 6.42 Å². The molecule has 1 fully saturated rings. The van der Waals surface area contributed by atoms with Crippen LogP contribution >= 0.6 is 0 Å². The van der Waals surface area contributed by atoms with Crippen molar-refractivity contribution < 1.29 is 25.2 Å². The van der Waals surface area contributed by atoms with E-state index in [2.05, 4.69) is 0 Å². The normalized spacial score (nSPS) is 46.4. The second-order valence-electron chi connectivity index (χ2n) is 3.30. The number of rotatable bonds is 2. The van der Waals surface area contributed by atoms with Crippen LogP contribution < -0.4 is 0 Å². The first-order chi connectivity index (χ1) is 6.11. The van der Waals surface area contributed by atoms with Gasteiger partial charge in [-0.05, 0) is 6.42 Å². The fourth-order valence-electron chi connectivity index (χ4n) is 1.60. The molecule has 0 bridgehead atoms. The summed E-state index contributed by atoms with van der Waals surface area (Å²) >= 11 is 0. The van der Waals surface area contributed by atoms with E-state index in [0.717, 1.165) is 0 Å². The molecule has 5 heteroatoms. The first kappa shape index (κ1) is 10.9. The lowest BCUT2D eigenvalue weighted by atomic mass is 9.89. The van der Waals surface area contributed by atoms with Crippen molar-refractivity contribution in [2.45, 2.75) is 37.9 Å². The molecule has 0 aliphatic carbocycles. The van der Waals surface area contributed by atoms with Gasteiger partial charge in [0.15, 0.2) is 6.29 Å². The summed E-state index contributed by atoms with van der Waals surface area (Å²) in [6.45, 7) is 1.37. The van der Waals surface area contributed by atoms with Gasteiger partial charge < -0.3 is 25.2 Å². The molecule has 0 aromatic heterocycles. The van der Waals surface area contributed by atoms with Crippen LogP contribution in [-0.2, 0) is 4.74 Å². The second kappa shape index (κ2) is 4.34. The topological polar surface area (TPSA) is 90.2 Å². The molecule has 1 aliphatic rings. The lowest BCUT2D eigenvalue weighted by molar-refractivity contribution is -0.270. The maximum Gasteiger partial charge on any atom is 0.160 e. The molecular weight excluding hydrogens is 176 g/mol. The van der Waals surface area contributed by atoms with E-state index in [4.69, 9.17) is 9.84 Å². The van der Waals surface area contributed by atoms with Crippen molar-refractivity contribution in [3.8, 4) is 0 Å². The average Bonchev–Trinajstić information content (AvgIpc) is 2.12. The molecule has 0 aromatic rings. The highest BCUT2D eigenvalue weighted by atomic mass is 16.6. The van der Waals surface area contributed by atoms with E-state index in [9.17, 15) is 15.3 Å². The highest BCUT2D eigenvalue weighted by molar-refractivity contribution is 4.87. The monoisotopic (exact) mass is 192 g/mol. The zero-order valence-electron chi connectivity index (χ0n) is 7.50. The highest BCUT2D eigenvalue weighted by Crippen LogP contribution is 2.26. The van der Waals surface area contributed by atoms with Gasteiger partial charge in [0.25, 0.3) is 0 Å². The Balaban J connectivity index is 2.66. The molecule has 5 atom stereocenters. The predicted molar refractivity (Wildman–Crippen MR) is 43.8 cm³/mol. The standard InChI is InChI=1S/C8H16O5/c1-2-4-6(10)7(11)5(3-9)13-8(4)12/h4-12H,2-3H2,1H3/t4-,5-,6-,7-,8?/m1/s1. The summed E-state index contributed by atoms with van der Waals surface area (Å²) in [5.74, 6) is -0.488. The Morgan fingerprint density at radius 2 is 1.77 bits per heavy atom. The van der Waals surface area contributed by atoms with E-state index < -0.39 is 37.1 Å². The minimum absolute atomic E-state index is 0.411. The molecule has 4 N–H and O–H groups in total. The summed E-state index contributed by atoms with van der Waals surface area (Å²) in [6, 6.07) is 0. The first-order valence-corrected chi connectivity index (χ1v) is 4.42. The maximum absolute atomic E-state index is 9.51. The molecule has 0 spiro atoms. The number of hydrogen-bond acceptors (Lipinski definition) is 5. The van der Waals surface area contributed by atoms with Crippen LogP contribution in [0.1, 0.15) is 13.3 Å². The molecule has 0 radical (unpaired) electrons. The Morgan fingerprint density at radius 1 is 1.15 bits per heavy atom. The van der Waals surface area contributed by atoms with Crippen LogP contribution in [0.3, 0.4) is 0 Å². The third-order valence-corrected chi connectivity index (χ3v) is 2.50. The minimum atomic E-state index is -1.13. The van der Waals surface area contributed by atoms with Gasteiger partial charge in [-0.2, -0.15) is 0 Å². The number of hydrogen-bond donors (Lipinski definition) is 4. The Kier molecular flexibility index (Phi) is 3.63. The lowest BCUT2D eigenvalue weighted by Gasteiger charge is -2.39. The molecule has 1 rings (SSSR count). The third kappa shape index (κ3) is 2.00. The van der Waals surface area contributed by atoms with Crippen LogP contribution in [0.15, 0.2) is 0 Å². The van der Waals surface area contributed by atoms with Crippen LogP contribution in [-0.4, -0.2) is 51.6 Å². The van der Waals surface area contributed by atoms with Gasteiger partial charge in [-0.15, -0.1) is 0 Å². The smallest absolute Gasteiger partial charge is 0.160 e. The Bertz CT molecular complexity index is 163. The summed E-state index contributed by atoms with van der Waals surface area (Å²) in [4.78, 5) is 0. The largest absolute Gasteiger partial charge is 0.394 e. The molecule has 0 saturated carbocycles. The van der Waals surface area contributed by atoms with E-state index in [1.165, 1.54) is 0 Å². The van der Waals surface area contributed by atoms with Crippen molar-refractivity contribution in [3.63, 3.8) is 0 Å². The molecule has 78 valence electrons. The van der Waals surface area contributed by atoms with Crippen LogP contribution in [0.5, 0.6) is 0 Å². The van der Waals surface area contributed by atoms with Crippen LogP contribution in [0.4, 0.5) is 0 Å². The van der Waals surface area contributed by atoms with Crippen molar-refractivity contribution in [2.75, 3.05) is 6.61 Å². The average molecular weight is 192 g/mol. The Labute approximate surface area is 76.6 Å². The van der Waals surface area contributed by atoms with Gasteiger partial charge in [0.05, 0.1) is 12.7 Å².